The SMILES string of the molecule is O=C(CC1Oc2ccccc2NC1=O)NC(CC(F)(F)F)C(=O)O. The van der Waals surface area contributed by atoms with E-state index in [9.17, 15) is 27.6 Å². The average molecular weight is 346 g/mol. The lowest BCUT2D eigenvalue weighted by Crippen LogP contribution is -2.47. The van der Waals surface area contributed by atoms with Crippen molar-refractivity contribution in [1.82, 2.24) is 5.32 Å². The van der Waals surface area contributed by atoms with Crippen LogP contribution in [-0.2, 0) is 14.4 Å². The first kappa shape index (κ1) is 17.6. The van der Waals surface area contributed by atoms with Gasteiger partial charge in [-0.15, -0.1) is 0 Å². The number of carboxylic acids is 1. The van der Waals surface area contributed by atoms with Gasteiger partial charge in [0.15, 0.2) is 6.10 Å². The Morgan fingerprint density at radius 3 is 2.62 bits per heavy atom. The molecule has 0 spiro atoms. The molecule has 0 radical (unpaired) electrons. The molecule has 0 bridgehead atoms. The van der Waals surface area contributed by atoms with E-state index in [1.54, 1.807) is 29.6 Å². The van der Waals surface area contributed by atoms with Gasteiger partial charge in [0.2, 0.25) is 5.91 Å². The molecule has 7 nitrogen and oxygen atoms in total. The van der Waals surface area contributed by atoms with Crippen molar-refractivity contribution in [2.75, 3.05) is 5.32 Å². The number of rotatable bonds is 5. The molecule has 2 amide bonds. The van der Waals surface area contributed by atoms with Crippen molar-refractivity contribution in [2.24, 2.45) is 0 Å². The minimum Gasteiger partial charge on any atom is -0.480 e. The summed E-state index contributed by atoms with van der Waals surface area (Å²) in [5.41, 5.74) is 0.402. The third-order valence-electron chi connectivity index (χ3n) is 3.15. The Balaban J connectivity index is 1.99. The Kier molecular flexibility index (Phi) is 4.96. The summed E-state index contributed by atoms with van der Waals surface area (Å²) in [5, 5.41) is 13.0. The number of fused-ring (bicyclic) bond motifs is 1. The standard InChI is InChI=1S/C14H13F3N2O5/c15-14(16,17)6-8(13(22)23)18-11(20)5-10-12(21)19-7-3-1-2-4-9(7)24-10/h1-4,8,10H,5-6H2,(H,18,20)(H,19,21)(H,22,23). The molecule has 2 atom stereocenters. The number of anilines is 1. The van der Waals surface area contributed by atoms with E-state index in [-0.39, 0.29) is 0 Å². The van der Waals surface area contributed by atoms with Crippen molar-refractivity contribution < 1.29 is 37.4 Å². The van der Waals surface area contributed by atoms with Gasteiger partial charge in [-0.1, -0.05) is 12.1 Å². The number of nitrogens with one attached hydrogen (secondary N) is 2. The molecule has 10 heteroatoms. The Bertz CT molecular complexity index is 662. The molecule has 0 aliphatic carbocycles. The van der Waals surface area contributed by atoms with Gasteiger partial charge in [-0.05, 0) is 12.1 Å². The summed E-state index contributed by atoms with van der Waals surface area (Å²) in [6.45, 7) is 0. The first-order valence-corrected chi connectivity index (χ1v) is 6.81. The van der Waals surface area contributed by atoms with E-state index in [2.05, 4.69) is 5.32 Å². The second-order valence-corrected chi connectivity index (χ2v) is 5.07. The first-order chi connectivity index (χ1) is 11.2. The maximum absolute atomic E-state index is 12.3. The van der Waals surface area contributed by atoms with E-state index in [1.807, 2.05) is 0 Å². The molecule has 1 aromatic rings. The van der Waals surface area contributed by atoms with Crippen molar-refractivity contribution in [1.29, 1.82) is 0 Å². The Morgan fingerprint density at radius 1 is 1.33 bits per heavy atom. The number of ether oxygens (including phenoxy) is 1. The number of para-hydroxylation sites is 2. The number of amides is 2. The van der Waals surface area contributed by atoms with E-state index in [0.29, 0.717) is 11.4 Å². The quantitative estimate of drug-likeness (QED) is 0.745. The first-order valence-electron chi connectivity index (χ1n) is 6.81. The number of hydrogen-bond donors (Lipinski definition) is 3. The molecule has 0 aromatic heterocycles. The molecule has 2 unspecified atom stereocenters. The smallest absolute Gasteiger partial charge is 0.391 e. The normalized spacial score (nSPS) is 18.0. The molecule has 1 aliphatic heterocycles. The molecule has 0 saturated carbocycles. The Labute approximate surface area is 133 Å². The maximum atomic E-state index is 12.3. The molecule has 2 rings (SSSR count). The van der Waals surface area contributed by atoms with Crippen LogP contribution in [0.4, 0.5) is 18.9 Å². The minimum atomic E-state index is -4.76. The van der Waals surface area contributed by atoms with Crippen LogP contribution in [-0.4, -0.2) is 41.2 Å². The number of hydrogen-bond acceptors (Lipinski definition) is 4. The van der Waals surface area contributed by atoms with Crippen molar-refractivity contribution >= 4 is 23.5 Å². The lowest BCUT2D eigenvalue weighted by Gasteiger charge is -2.26. The fraction of sp³-hybridized carbons (Fsp3) is 0.357. The zero-order valence-electron chi connectivity index (χ0n) is 12.1. The average Bonchev–Trinajstić information content (AvgIpc) is 2.45. The molecule has 0 saturated heterocycles. The van der Waals surface area contributed by atoms with Crippen molar-refractivity contribution in [2.45, 2.75) is 31.2 Å². The summed E-state index contributed by atoms with van der Waals surface area (Å²) < 4.78 is 42.2. The van der Waals surface area contributed by atoms with Crippen molar-refractivity contribution in [3.8, 4) is 5.75 Å². The molecule has 1 heterocycles. The monoisotopic (exact) mass is 346 g/mol. The Hall–Kier alpha value is -2.78. The number of aliphatic carboxylic acids is 1. The molecule has 130 valence electrons. The van der Waals surface area contributed by atoms with Crippen molar-refractivity contribution in [3.05, 3.63) is 24.3 Å². The second kappa shape index (κ2) is 6.77. The third kappa shape index (κ3) is 4.61. The summed E-state index contributed by atoms with van der Waals surface area (Å²) in [6, 6.07) is 4.29. The summed E-state index contributed by atoms with van der Waals surface area (Å²) in [5.74, 6) is -3.20. The maximum Gasteiger partial charge on any atom is 0.391 e. The number of halogens is 3. The predicted octanol–water partition coefficient (Wildman–Crippen LogP) is 1.30. The number of alkyl halides is 3. The molecule has 0 fully saturated rings. The van der Waals surface area contributed by atoms with Crippen LogP contribution in [0.5, 0.6) is 5.75 Å². The zero-order valence-corrected chi connectivity index (χ0v) is 12.1. The van der Waals surface area contributed by atoms with Gasteiger partial charge in [0, 0.05) is 0 Å². The lowest BCUT2D eigenvalue weighted by atomic mass is 10.1. The van der Waals surface area contributed by atoms with Gasteiger partial charge in [-0.3, -0.25) is 9.59 Å². The van der Waals surface area contributed by atoms with Crippen LogP contribution in [0, 0.1) is 0 Å². The van der Waals surface area contributed by atoms with Gasteiger partial charge in [-0.25, -0.2) is 4.79 Å². The molecule has 3 N–H and O–H groups in total. The van der Waals surface area contributed by atoms with Crippen molar-refractivity contribution in [3.63, 3.8) is 0 Å². The van der Waals surface area contributed by atoms with E-state index in [0.717, 1.165) is 0 Å². The lowest BCUT2D eigenvalue weighted by molar-refractivity contribution is -0.160. The van der Waals surface area contributed by atoms with Crippen LogP contribution in [0.1, 0.15) is 12.8 Å². The molecule has 24 heavy (non-hydrogen) atoms. The van der Waals surface area contributed by atoms with Gasteiger partial charge in [0.1, 0.15) is 11.8 Å². The number of carbonyl (C=O) groups is 3. The summed E-state index contributed by atoms with van der Waals surface area (Å²) >= 11 is 0. The van der Waals surface area contributed by atoms with E-state index in [1.165, 1.54) is 0 Å². The highest BCUT2D eigenvalue weighted by molar-refractivity contribution is 6.00. The third-order valence-corrected chi connectivity index (χ3v) is 3.15. The molecular weight excluding hydrogens is 333 g/mol. The number of benzene rings is 1. The van der Waals surface area contributed by atoms with Crippen LogP contribution < -0.4 is 15.4 Å². The van der Waals surface area contributed by atoms with Gasteiger partial charge < -0.3 is 20.5 Å². The van der Waals surface area contributed by atoms with Crippen LogP contribution in [0.25, 0.3) is 0 Å². The predicted molar refractivity (Wildman–Crippen MR) is 74.3 cm³/mol. The summed E-state index contributed by atoms with van der Waals surface area (Å²) in [7, 11) is 0. The minimum absolute atomic E-state index is 0.306. The van der Waals surface area contributed by atoms with Crippen LogP contribution >= 0.6 is 0 Å². The van der Waals surface area contributed by atoms with Crippen LogP contribution in [0.3, 0.4) is 0 Å². The van der Waals surface area contributed by atoms with Gasteiger partial charge in [0.05, 0.1) is 18.5 Å². The number of carboxylic acid groups (broad SMARTS) is 1. The largest absolute Gasteiger partial charge is 0.480 e. The van der Waals surface area contributed by atoms with Gasteiger partial charge >= 0.3 is 12.1 Å². The fourth-order valence-electron chi connectivity index (χ4n) is 2.08. The summed E-state index contributed by atoms with van der Waals surface area (Å²) in [4.78, 5) is 34.4. The topological polar surface area (TPSA) is 105 Å². The van der Waals surface area contributed by atoms with Gasteiger partial charge in [0.25, 0.3) is 5.91 Å². The van der Waals surface area contributed by atoms with E-state index < -0.39 is 48.9 Å². The van der Waals surface area contributed by atoms with E-state index >= 15 is 0 Å². The summed E-state index contributed by atoms with van der Waals surface area (Å²) in [6.07, 6.45) is -8.34. The molecular formula is C14H13F3N2O5. The van der Waals surface area contributed by atoms with E-state index in [4.69, 9.17) is 9.84 Å². The zero-order chi connectivity index (χ0) is 17.9. The second-order valence-electron chi connectivity index (χ2n) is 5.07. The van der Waals surface area contributed by atoms with Crippen LogP contribution in [0.2, 0.25) is 0 Å². The highest BCUT2D eigenvalue weighted by Crippen LogP contribution is 2.29. The van der Waals surface area contributed by atoms with Crippen LogP contribution in [0.15, 0.2) is 24.3 Å². The number of carbonyl (C=O) groups excluding carboxylic acids is 2. The Morgan fingerprint density at radius 2 is 2.00 bits per heavy atom. The highest BCUT2D eigenvalue weighted by atomic mass is 19.4. The molecule has 1 aliphatic rings. The molecule has 1 aromatic carbocycles. The van der Waals surface area contributed by atoms with Gasteiger partial charge in [-0.2, -0.15) is 13.2 Å². The fourth-order valence-corrected chi connectivity index (χ4v) is 2.08. The highest BCUT2D eigenvalue weighted by Gasteiger charge is 2.37.